The van der Waals surface area contributed by atoms with Crippen LogP contribution in [0.25, 0.3) is 0 Å². The summed E-state index contributed by atoms with van der Waals surface area (Å²) in [4.78, 5) is 15.8. The van der Waals surface area contributed by atoms with Gasteiger partial charge in [-0.25, -0.2) is 4.98 Å². The highest BCUT2D eigenvalue weighted by molar-refractivity contribution is 5.91. The van der Waals surface area contributed by atoms with Crippen LogP contribution in [0.1, 0.15) is 25.0 Å². The quantitative estimate of drug-likeness (QED) is 0.890. The number of anilines is 3. The van der Waals surface area contributed by atoms with E-state index in [1.54, 1.807) is 12.3 Å². The van der Waals surface area contributed by atoms with E-state index in [-0.39, 0.29) is 11.8 Å². The molecule has 2 N–H and O–H groups in total. The fourth-order valence-electron chi connectivity index (χ4n) is 2.03. The van der Waals surface area contributed by atoms with Crippen LogP contribution in [0.15, 0.2) is 36.5 Å². The van der Waals surface area contributed by atoms with Crippen molar-refractivity contribution in [1.82, 2.24) is 4.98 Å². The van der Waals surface area contributed by atoms with Crippen molar-refractivity contribution in [3.8, 4) is 0 Å². The van der Waals surface area contributed by atoms with Gasteiger partial charge in [0.2, 0.25) is 5.91 Å². The standard InChI is InChI=1S/C17H21N3O/c1-11(2)17(21)20-16-6-5-14(10-18-16)19-15-8-12(3)7-13(4)9-15/h5-11,19H,1-4H3,(H,18,20,21). The minimum absolute atomic E-state index is 0.0301. The number of hydrogen-bond donors (Lipinski definition) is 2. The number of benzene rings is 1. The van der Waals surface area contributed by atoms with Crippen molar-refractivity contribution in [2.45, 2.75) is 27.7 Å². The maximum Gasteiger partial charge on any atom is 0.228 e. The molecular weight excluding hydrogens is 262 g/mol. The van der Waals surface area contributed by atoms with Crippen LogP contribution >= 0.6 is 0 Å². The number of pyridine rings is 1. The van der Waals surface area contributed by atoms with Crippen LogP contribution in [0.4, 0.5) is 17.2 Å². The van der Waals surface area contributed by atoms with Gasteiger partial charge in [-0.3, -0.25) is 4.79 Å². The second kappa shape index (κ2) is 6.39. The minimum Gasteiger partial charge on any atom is -0.354 e. The average molecular weight is 283 g/mol. The predicted octanol–water partition coefficient (Wildman–Crippen LogP) is 4.04. The van der Waals surface area contributed by atoms with Gasteiger partial charge in [0, 0.05) is 11.6 Å². The molecular formula is C17H21N3O. The van der Waals surface area contributed by atoms with Crippen LogP contribution in [0, 0.1) is 19.8 Å². The third-order valence-corrected chi connectivity index (χ3v) is 3.05. The Labute approximate surface area is 125 Å². The molecule has 0 saturated heterocycles. The maximum atomic E-state index is 11.6. The summed E-state index contributed by atoms with van der Waals surface area (Å²) in [5, 5.41) is 6.09. The van der Waals surface area contributed by atoms with Crippen molar-refractivity contribution in [2.75, 3.05) is 10.6 Å². The molecule has 0 radical (unpaired) electrons. The number of nitrogens with one attached hydrogen (secondary N) is 2. The normalized spacial score (nSPS) is 10.5. The molecule has 0 aliphatic rings. The highest BCUT2D eigenvalue weighted by atomic mass is 16.1. The van der Waals surface area contributed by atoms with E-state index in [9.17, 15) is 4.79 Å². The first-order valence-electron chi connectivity index (χ1n) is 7.06. The molecule has 110 valence electrons. The molecule has 0 unspecified atom stereocenters. The second-order valence-corrected chi connectivity index (χ2v) is 5.58. The number of nitrogens with zero attached hydrogens (tertiary/aromatic N) is 1. The van der Waals surface area contributed by atoms with Gasteiger partial charge in [0.15, 0.2) is 0 Å². The largest absolute Gasteiger partial charge is 0.354 e. The van der Waals surface area contributed by atoms with Gasteiger partial charge in [-0.05, 0) is 49.2 Å². The van der Waals surface area contributed by atoms with Gasteiger partial charge >= 0.3 is 0 Å². The Kier molecular flexibility index (Phi) is 4.58. The summed E-state index contributed by atoms with van der Waals surface area (Å²) in [6, 6.07) is 10.0. The molecule has 0 fully saturated rings. The van der Waals surface area contributed by atoms with Gasteiger partial charge in [-0.15, -0.1) is 0 Å². The smallest absolute Gasteiger partial charge is 0.228 e. The van der Waals surface area contributed by atoms with Crippen molar-refractivity contribution in [3.63, 3.8) is 0 Å². The van der Waals surface area contributed by atoms with E-state index in [0.717, 1.165) is 11.4 Å². The van der Waals surface area contributed by atoms with Crippen molar-refractivity contribution in [3.05, 3.63) is 47.7 Å². The van der Waals surface area contributed by atoms with Crippen molar-refractivity contribution in [1.29, 1.82) is 0 Å². The fraction of sp³-hybridized carbons (Fsp3) is 0.294. The Morgan fingerprint density at radius 2 is 1.71 bits per heavy atom. The number of carbonyl (C=O) groups excluding carboxylic acids is 1. The van der Waals surface area contributed by atoms with Gasteiger partial charge in [-0.2, -0.15) is 0 Å². The lowest BCUT2D eigenvalue weighted by Crippen LogP contribution is -2.18. The monoisotopic (exact) mass is 283 g/mol. The number of carbonyl (C=O) groups is 1. The van der Waals surface area contributed by atoms with E-state index >= 15 is 0 Å². The maximum absolute atomic E-state index is 11.6. The van der Waals surface area contributed by atoms with Gasteiger partial charge in [0.25, 0.3) is 0 Å². The summed E-state index contributed by atoms with van der Waals surface area (Å²) in [5.41, 5.74) is 4.35. The highest BCUT2D eigenvalue weighted by Crippen LogP contribution is 2.20. The lowest BCUT2D eigenvalue weighted by Gasteiger charge is -2.10. The lowest BCUT2D eigenvalue weighted by molar-refractivity contribution is -0.118. The van der Waals surface area contributed by atoms with Crippen LogP contribution in [0.2, 0.25) is 0 Å². The summed E-state index contributed by atoms with van der Waals surface area (Å²) in [6.07, 6.45) is 1.72. The number of amides is 1. The molecule has 1 aromatic heterocycles. The Hall–Kier alpha value is -2.36. The second-order valence-electron chi connectivity index (χ2n) is 5.58. The first-order chi connectivity index (χ1) is 9.94. The molecule has 21 heavy (non-hydrogen) atoms. The van der Waals surface area contributed by atoms with Crippen LogP contribution < -0.4 is 10.6 Å². The third kappa shape index (κ3) is 4.31. The number of rotatable bonds is 4. The van der Waals surface area contributed by atoms with Crippen LogP contribution in [-0.4, -0.2) is 10.9 Å². The Morgan fingerprint density at radius 1 is 1.05 bits per heavy atom. The molecule has 4 nitrogen and oxygen atoms in total. The van der Waals surface area contributed by atoms with Crippen molar-refractivity contribution >= 4 is 23.1 Å². The first kappa shape index (κ1) is 15.0. The number of aromatic nitrogens is 1. The van der Waals surface area contributed by atoms with Gasteiger partial charge < -0.3 is 10.6 Å². The molecule has 2 rings (SSSR count). The highest BCUT2D eigenvalue weighted by Gasteiger charge is 2.07. The minimum atomic E-state index is -0.0557. The Balaban J connectivity index is 2.07. The SMILES string of the molecule is Cc1cc(C)cc(Nc2ccc(NC(=O)C(C)C)nc2)c1. The molecule has 4 heteroatoms. The Bertz CT molecular complexity index is 613. The summed E-state index contributed by atoms with van der Waals surface area (Å²) >= 11 is 0. The van der Waals surface area contributed by atoms with Crippen molar-refractivity contribution < 1.29 is 4.79 Å². The third-order valence-electron chi connectivity index (χ3n) is 3.05. The zero-order valence-electron chi connectivity index (χ0n) is 12.9. The molecule has 0 spiro atoms. The fourth-order valence-corrected chi connectivity index (χ4v) is 2.03. The van der Waals surface area contributed by atoms with E-state index in [4.69, 9.17) is 0 Å². The molecule has 0 aliphatic carbocycles. The first-order valence-corrected chi connectivity index (χ1v) is 7.06. The van der Waals surface area contributed by atoms with Crippen LogP contribution in [0.3, 0.4) is 0 Å². The van der Waals surface area contributed by atoms with Gasteiger partial charge in [0.05, 0.1) is 11.9 Å². The van der Waals surface area contributed by atoms with E-state index < -0.39 is 0 Å². The summed E-state index contributed by atoms with van der Waals surface area (Å²) in [5.74, 6) is 0.483. The van der Waals surface area contributed by atoms with Gasteiger partial charge in [-0.1, -0.05) is 19.9 Å². The molecule has 1 amide bonds. The molecule has 2 aromatic rings. The van der Waals surface area contributed by atoms with E-state index in [0.29, 0.717) is 5.82 Å². The predicted molar refractivity (Wildman–Crippen MR) is 86.9 cm³/mol. The molecule has 0 atom stereocenters. The van der Waals surface area contributed by atoms with E-state index in [1.165, 1.54) is 11.1 Å². The molecule has 0 bridgehead atoms. The Morgan fingerprint density at radius 3 is 2.24 bits per heavy atom. The van der Waals surface area contributed by atoms with Crippen LogP contribution in [0.5, 0.6) is 0 Å². The summed E-state index contributed by atoms with van der Waals surface area (Å²) < 4.78 is 0. The van der Waals surface area contributed by atoms with E-state index in [2.05, 4.69) is 47.7 Å². The zero-order chi connectivity index (χ0) is 15.4. The van der Waals surface area contributed by atoms with E-state index in [1.807, 2.05) is 19.9 Å². The van der Waals surface area contributed by atoms with Gasteiger partial charge in [0.1, 0.15) is 5.82 Å². The average Bonchev–Trinajstić information content (AvgIpc) is 2.39. The number of hydrogen-bond acceptors (Lipinski definition) is 3. The van der Waals surface area contributed by atoms with Crippen molar-refractivity contribution in [2.24, 2.45) is 5.92 Å². The number of aryl methyl sites for hydroxylation is 2. The lowest BCUT2D eigenvalue weighted by atomic mass is 10.1. The molecule has 1 heterocycles. The van der Waals surface area contributed by atoms with Crippen LogP contribution in [-0.2, 0) is 4.79 Å². The topological polar surface area (TPSA) is 54.0 Å². The molecule has 0 aliphatic heterocycles. The summed E-state index contributed by atoms with van der Waals surface area (Å²) in [6.45, 7) is 7.85. The zero-order valence-corrected chi connectivity index (χ0v) is 12.9. The molecule has 0 saturated carbocycles. The molecule has 1 aromatic carbocycles. The summed E-state index contributed by atoms with van der Waals surface area (Å²) in [7, 11) is 0.